The largest absolute Gasteiger partial charge is 0.357 e. The van der Waals surface area contributed by atoms with E-state index in [0.717, 1.165) is 32.0 Å². The summed E-state index contributed by atoms with van der Waals surface area (Å²) in [6, 6.07) is 11.9. The molecular weight excluding hydrogens is 374 g/mol. The number of hydrogen-bond acceptors (Lipinski definition) is 4. The lowest BCUT2D eigenvalue weighted by atomic mass is 10.1. The van der Waals surface area contributed by atoms with Crippen LogP contribution in [0.3, 0.4) is 0 Å². The summed E-state index contributed by atoms with van der Waals surface area (Å²) in [4.78, 5) is 9.66. The van der Waals surface area contributed by atoms with Crippen molar-refractivity contribution in [2.24, 2.45) is 12.0 Å². The third kappa shape index (κ3) is 6.06. The standard InChI is InChI=1S/C23H37N7/c1-6-24-23(25-14-22(28(3)4)20-13-26-29(5)16-20)27-21-12-18(2)30(17-21)15-19-10-8-7-9-11-19/h7-11,13,16,18,21-22H,6,12,14-15,17H2,1-5H3,(H2,24,25,27). The highest BCUT2D eigenvalue weighted by molar-refractivity contribution is 5.80. The Morgan fingerprint density at radius 3 is 2.70 bits per heavy atom. The van der Waals surface area contributed by atoms with Gasteiger partial charge in [-0.05, 0) is 39.9 Å². The van der Waals surface area contributed by atoms with E-state index in [9.17, 15) is 0 Å². The lowest BCUT2D eigenvalue weighted by Gasteiger charge is -2.23. The highest BCUT2D eigenvalue weighted by atomic mass is 15.3. The molecule has 7 heteroatoms. The molecule has 0 amide bonds. The smallest absolute Gasteiger partial charge is 0.191 e. The zero-order valence-electron chi connectivity index (χ0n) is 19.0. The normalized spacial score (nSPS) is 21.2. The topological polar surface area (TPSA) is 60.7 Å². The Morgan fingerprint density at radius 2 is 2.07 bits per heavy atom. The van der Waals surface area contributed by atoms with Crippen LogP contribution in [-0.2, 0) is 13.6 Å². The predicted molar refractivity (Wildman–Crippen MR) is 123 cm³/mol. The van der Waals surface area contributed by atoms with Crippen LogP contribution in [0.5, 0.6) is 0 Å². The van der Waals surface area contributed by atoms with Gasteiger partial charge in [-0.1, -0.05) is 30.3 Å². The van der Waals surface area contributed by atoms with E-state index >= 15 is 0 Å². The number of likely N-dealkylation sites (tertiary alicyclic amines) is 1. The molecule has 2 N–H and O–H groups in total. The van der Waals surface area contributed by atoms with Crippen LogP contribution in [0.2, 0.25) is 0 Å². The third-order valence-corrected chi connectivity index (χ3v) is 5.77. The molecule has 3 rings (SSSR count). The first kappa shape index (κ1) is 22.3. The highest BCUT2D eigenvalue weighted by Crippen LogP contribution is 2.21. The van der Waals surface area contributed by atoms with Crippen LogP contribution in [-0.4, -0.2) is 71.4 Å². The first-order valence-electron chi connectivity index (χ1n) is 10.9. The van der Waals surface area contributed by atoms with Gasteiger partial charge in [-0.25, -0.2) is 0 Å². The number of aryl methyl sites for hydroxylation is 1. The second-order valence-electron chi connectivity index (χ2n) is 8.49. The van der Waals surface area contributed by atoms with Gasteiger partial charge >= 0.3 is 0 Å². The summed E-state index contributed by atoms with van der Waals surface area (Å²) in [6.45, 7) is 7.99. The lowest BCUT2D eigenvalue weighted by molar-refractivity contribution is 0.258. The van der Waals surface area contributed by atoms with E-state index in [0.29, 0.717) is 18.6 Å². The Labute approximate surface area is 181 Å². The van der Waals surface area contributed by atoms with Crippen LogP contribution < -0.4 is 10.6 Å². The molecular formula is C23H37N7. The SMILES string of the molecule is CCNC(=NCC(c1cnn(C)c1)N(C)C)NC1CC(C)N(Cc2ccccc2)C1. The van der Waals surface area contributed by atoms with Crippen molar-refractivity contribution in [1.82, 2.24) is 30.2 Å². The van der Waals surface area contributed by atoms with Gasteiger partial charge in [0.15, 0.2) is 5.96 Å². The Hall–Kier alpha value is -2.38. The summed E-state index contributed by atoms with van der Waals surface area (Å²) in [5.41, 5.74) is 2.56. The fourth-order valence-electron chi connectivity index (χ4n) is 4.11. The number of guanidine groups is 1. The fraction of sp³-hybridized carbons (Fsp3) is 0.565. The van der Waals surface area contributed by atoms with Gasteiger partial charge in [-0.15, -0.1) is 0 Å². The zero-order chi connectivity index (χ0) is 21.5. The maximum absolute atomic E-state index is 4.92. The Kier molecular flexibility index (Phi) is 7.87. The number of aliphatic imine (C=N–C) groups is 1. The fourth-order valence-corrected chi connectivity index (χ4v) is 4.11. The van der Waals surface area contributed by atoms with Crippen molar-refractivity contribution in [3.05, 3.63) is 53.9 Å². The second kappa shape index (κ2) is 10.6. The quantitative estimate of drug-likeness (QED) is 0.515. The number of nitrogens with zero attached hydrogens (tertiary/aromatic N) is 5. The van der Waals surface area contributed by atoms with Crippen molar-refractivity contribution in [3.63, 3.8) is 0 Å². The molecule has 30 heavy (non-hydrogen) atoms. The van der Waals surface area contributed by atoms with Gasteiger partial charge in [0.05, 0.1) is 18.8 Å². The zero-order valence-corrected chi connectivity index (χ0v) is 19.0. The van der Waals surface area contributed by atoms with Crippen LogP contribution in [0, 0.1) is 0 Å². The minimum Gasteiger partial charge on any atom is -0.357 e. The van der Waals surface area contributed by atoms with Crippen LogP contribution in [0.25, 0.3) is 0 Å². The van der Waals surface area contributed by atoms with E-state index in [4.69, 9.17) is 4.99 Å². The van der Waals surface area contributed by atoms with E-state index in [1.54, 1.807) is 0 Å². The van der Waals surface area contributed by atoms with Gasteiger partial charge in [-0.2, -0.15) is 5.10 Å². The van der Waals surface area contributed by atoms with E-state index < -0.39 is 0 Å². The molecule has 1 aromatic carbocycles. The molecule has 164 valence electrons. The average Bonchev–Trinajstić information content (AvgIpc) is 3.28. The molecule has 7 nitrogen and oxygen atoms in total. The van der Waals surface area contributed by atoms with Crippen molar-refractivity contribution in [1.29, 1.82) is 0 Å². The van der Waals surface area contributed by atoms with Gasteiger partial charge in [0, 0.05) is 50.5 Å². The molecule has 1 saturated heterocycles. The molecule has 0 radical (unpaired) electrons. The molecule has 0 aliphatic carbocycles. The molecule has 2 aromatic rings. The second-order valence-corrected chi connectivity index (χ2v) is 8.49. The molecule has 1 aromatic heterocycles. The molecule has 2 heterocycles. The highest BCUT2D eigenvalue weighted by Gasteiger charge is 2.29. The third-order valence-electron chi connectivity index (χ3n) is 5.77. The summed E-state index contributed by atoms with van der Waals surface area (Å²) in [7, 11) is 6.13. The molecule has 0 bridgehead atoms. The number of rotatable bonds is 8. The summed E-state index contributed by atoms with van der Waals surface area (Å²) in [5, 5.41) is 11.4. The van der Waals surface area contributed by atoms with Crippen molar-refractivity contribution in [2.75, 3.05) is 33.7 Å². The van der Waals surface area contributed by atoms with Crippen LogP contribution in [0.15, 0.2) is 47.7 Å². The molecule has 1 fully saturated rings. The van der Waals surface area contributed by atoms with Crippen molar-refractivity contribution < 1.29 is 0 Å². The Bertz CT molecular complexity index is 799. The maximum Gasteiger partial charge on any atom is 0.191 e. The van der Waals surface area contributed by atoms with E-state index in [-0.39, 0.29) is 6.04 Å². The monoisotopic (exact) mass is 411 g/mol. The number of benzene rings is 1. The van der Waals surface area contributed by atoms with Gasteiger partial charge in [0.25, 0.3) is 0 Å². The molecule has 1 aliphatic rings. The van der Waals surface area contributed by atoms with Crippen molar-refractivity contribution >= 4 is 5.96 Å². The van der Waals surface area contributed by atoms with E-state index in [2.05, 4.69) is 90.0 Å². The number of aromatic nitrogens is 2. The maximum atomic E-state index is 4.92. The first-order valence-corrected chi connectivity index (χ1v) is 10.9. The first-order chi connectivity index (χ1) is 14.5. The Morgan fingerprint density at radius 1 is 1.30 bits per heavy atom. The Balaban J connectivity index is 1.61. The minimum atomic E-state index is 0.200. The molecule has 0 saturated carbocycles. The molecule has 0 spiro atoms. The van der Waals surface area contributed by atoms with E-state index in [1.807, 2.05) is 17.9 Å². The molecule has 3 atom stereocenters. The lowest BCUT2D eigenvalue weighted by Crippen LogP contribution is -2.45. The summed E-state index contributed by atoms with van der Waals surface area (Å²) in [5.74, 6) is 0.895. The van der Waals surface area contributed by atoms with Crippen molar-refractivity contribution in [2.45, 2.75) is 44.9 Å². The van der Waals surface area contributed by atoms with Gasteiger partial charge in [0.2, 0.25) is 0 Å². The van der Waals surface area contributed by atoms with Gasteiger partial charge in [0.1, 0.15) is 0 Å². The number of hydrogen-bond donors (Lipinski definition) is 2. The number of nitrogens with one attached hydrogen (secondary N) is 2. The summed E-state index contributed by atoms with van der Waals surface area (Å²) >= 11 is 0. The van der Waals surface area contributed by atoms with Crippen LogP contribution >= 0.6 is 0 Å². The number of likely N-dealkylation sites (N-methyl/N-ethyl adjacent to an activating group) is 1. The van der Waals surface area contributed by atoms with Gasteiger partial charge < -0.3 is 15.5 Å². The summed E-state index contributed by atoms with van der Waals surface area (Å²) in [6.07, 6.45) is 5.12. The minimum absolute atomic E-state index is 0.200. The summed E-state index contributed by atoms with van der Waals surface area (Å²) < 4.78 is 1.85. The molecule has 1 aliphatic heterocycles. The van der Waals surface area contributed by atoms with Crippen molar-refractivity contribution in [3.8, 4) is 0 Å². The average molecular weight is 412 g/mol. The molecule has 3 unspecified atom stereocenters. The predicted octanol–water partition coefficient (Wildman–Crippen LogP) is 2.24. The van der Waals surface area contributed by atoms with E-state index in [1.165, 1.54) is 11.1 Å². The van der Waals surface area contributed by atoms with Crippen LogP contribution in [0.4, 0.5) is 0 Å². The van der Waals surface area contributed by atoms with Gasteiger partial charge in [-0.3, -0.25) is 14.6 Å². The van der Waals surface area contributed by atoms with Crippen LogP contribution in [0.1, 0.15) is 37.4 Å².